The number of nitrogens with zero attached hydrogens (tertiary/aromatic N) is 3. The van der Waals surface area contributed by atoms with Crippen LogP contribution in [0.2, 0.25) is 0 Å². The van der Waals surface area contributed by atoms with Gasteiger partial charge >= 0.3 is 5.97 Å². The summed E-state index contributed by atoms with van der Waals surface area (Å²) in [5.41, 5.74) is 11.5. The third-order valence-corrected chi connectivity index (χ3v) is 6.36. The van der Waals surface area contributed by atoms with Crippen molar-refractivity contribution >= 4 is 16.9 Å². The fourth-order valence-electron chi connectivity index (χ4n) is 4.49. The standard InChI is InChI=1S/C26H27N5O2/c1-16-3-2-4-23(31-16)25-24(29-15-30-25)18-7-10-22-21(13-18)20(11-12-28-22)26(32)33-14-17-5-8-19(27)9-6-17/h2-4,7,10-13,15,17,19H,5-6,8-9,14,27H2,1H3,(H,29,30)/t17-,19-. The summed E-state index contributed by atoms with van der Waals surface area (Å²) in [6.07, 6.45) is 7.30. The molecule has 33 heavy (non-hydrogen) atoms. The molecule has 5 rings (SSSR count). The van der Waals surface area contributed by atoms with E-state index >= 15 is 0 Å². The van der Waals surface area contributed by atoms with E-state index in [4.69, 9.17) is 10.5 Å². The van der Waals surface area contributed by atoms with Crippen molar-refractivity contribution in [2.45, 2.75) is 38.6 Å². The molecule has 0 aliphatic heterocycles. The van der Waals surface area contributed by atoms with Gasteiger partial charge in [0.25, 0.3) is 0 Å². The first-order valence-corrected chi connectivity index (χ1v) is 11.4. The number of hydrogen-bond donors (Lipinski definition) is 2. The number of esters is 1. The third kappa shape index (κ3) is 4.50. The van der Waals surface area contributed by atoms with Gasteiger partial charge in [0.2, 0.25) is 0 Å². The lowest BCUT2D eigenvalue weighted by Crippen LogP contribution is -2.28. The van der Waals surface area contributed by atoms with E-state index in [-0.39, 0.29) is 12.0 Å². The smallest absolute Gasteiger partial charge is 0.338 e. The van der Waals surface area contributed by atoms with Gasteiger partial charge in [0.05, 0.1) is 41.1 Å². The molecule has 3 N–H and O–H groups in total. The summed E-state index contributed by atoms with van der Waals surface area (Å²) in [7, 11) is 0. The number of hydrogen-bond acceptors (Lipinski definition) is 6. The van der Waals surface area contributed by atoms with E-state index < -0.39 is 0 Å². The van der Waals surface area contributed by atoms with Crippen molar-refractivity contribution in [1.29, 1.82) is 0 Å². The molecule has 0 spiro atoms. The zero-order valence-electron chi connectivity index (χ0n) is 18.6. The van der Waals surface area contributed by atoms with Crippen molar-refractivity contribution in [3.05, 3.63) is 66.2 Å². The molecule has 0 radical (unpaired) electrons. The van der Waals surface area contributed by atoms with Crippen LogP contribution in [0.15, 0.2) is 55.0 Å². The molecule has 1 aliphatic carbocycles. The lowest BCUT2D eigenvalue weighted by molar-refractivity contribution is 0.0408. The Hall–Kier alpha value is -3.58. The molecule has 1 aromatic carbocycles. The predicted molar refractivity (Wildman–Crippen MR) is 128 cm³/mol. The van der Waals surface area contributed by atoms with Crippen molar-refractivity contribution < 1.29 is 9.53 Å². The number of fused-ring (bicyclic) bond motifs is 1. The van der Waals surface area contributed by atoms with Crippen LogP contribution in [0.1, 0.15) is 41.7 Å². The molecule has 1 aliphatic rings. The van der Waals surface area contributed by atoms with Crippen molar-refractivity contribution in [3.8, 4) is 22.6 Å². The first-order chi connectivity index (χ1) is 16.1. The monoisotopic (exact) mass is 441 g/mol. The van der Waals surface area contributed by atoms with E-state index in [1.165, 1.54) is 0 Å². The largest absolute Gasteiger partial charge is 0.462 e. The van der Waals surface area contributed by atoms with Gasteiger partial charge in [-0.3, -0.25) is 9.97 Å². The fourth-order valence-corrected chi connectivity index (χ4v) is 4.49. The molecule has 7 nitrogen and oxygen atoms in total. The number of H-pyrrole nitrogens is 1. The van der Waals surface area contributed by atoms with E-state index in [1.54, 1.807) is 18.6 Å². The lowest BCUT2D eigenvalue weighted by atomic mass is 9.87. The normalized spacial score (nSPS) is 18.4. The second kappa shape index (κ2) is 9.11. The Morgan fingerprint density at radius 2 is 1.97 bits per heavy atom. The average molecular weight is 442 g/mol. The first kappa shape index (κ1) is 21.3. The molecule has 4 aromatic rings. The lowest BCUT2D eigenvalue weighted by Gasteiger charge is -2.25. The zero-order valence-corrected chi connectivity index (χ0v) is 18.6. The molecule has 7 heteroatoms. The van der Waals surface area contributed by atoms with Crippen LogP contribution in [0.4, 0.5) is 0 Å². The molecule has 3 heterocycles. The highest BCUT2D eigenvalue weighted by Gasteiger charge is 2.21. The zero-order chi connectivity index (χ0) is 22.8. The number of aromatic nitrogens is 4. The minimum atomic E-state index is -0.322. The van der Waals surface area contributed by atoms with Crippen LogP contribution < -0.4 is 5.73 Å². The summed E-state index contributed by atoms with van der Waals surface area (Å²) in [5, 5.41) is 0.747. The highest BCUT2D eigenvalue weighted by atomic mass is 16.5. The number of imidazole rings is 1. The molecule has 1 fully saturated rings. The van der Waals surface area contributed by atoms with Crippen LogP contribution in [0.5, 0.6) is 0 Å². The molecule has 0 amide bonds. The van der Waals surface area contributed by atoms with Gasteiger partial charge in [0.15, 0.2) is 0 Å². The van der Waals surface area contributed by atoms with E-state index in [1.807, 2.05) is 43.3 Å². The number of nitrogens with one attached hydrogen (secondary N) is 1. The Kier molecular flexibility index (Phi) is 5.88. The van der Waals surface area contributed by atoms with Gasteiger partial charge in [0, 0.05) is 28.9 Å². The van der Waals surface area contributed by atoms with Gasteiger partial charge in [-0.15, -0.1) is 0 Å². The van der Waals surface area contributed by atoms with Gasteiger partial charge in [-0.25, -0.2) is 9.78 Å². The molecule has 3 aromatic heterocycles. The van der Waals surface area contributed by atoms with Crippen molar-refractivity contribution in [1.82, 2.24) is 19.9 Å². The number of aromatic amines is 1. The first-order valence-electron chi connectivity index (χ1n) is 11.4. The number of aryl methyl sites for hydroxylation is 1. The SMILES string of the molecule is Cc1cccc(-c2[nH]cnc2-c2ccc3nccc(C(=O)OC[C@H]4CC[C@H](N)CC4)c3c2)n1. The van der Waals surface area contributed by atoms with Crippen LogP contribution in [0.3, 0.4) is 0 Å². The topological polar surface area (TPSA) is 107 Å². The minimum absolute atomic E-state index is 0.279. The Morgan fingerprint density at radius 3 is 2.79 bits per heavy atom. The molecule has 168 valence electrons. The van der Waals surface area contributed by atoms with Crippen LogP contribution in [-0.4, -0.2) is 38.6 Å². The second-order valence-electron chi connectivity index (χ2n) is 8.76. The molecule has 0 bridgehead atoms. The van der Waals surface area contributed by atoms with E-state index in [0.29, 0.717) is 18.1 Å². The fraction of sp³-hybridized carbons (Fsp3) is 0.308. The summed E-state index contributed by atoms with van der Waals surface area (Å²) in [4.78, 5) is 29.8. The van der Waals surface area contributed by atoms with Crippen LogP contribution in [0, 0.1) is 12.8 Å². The number of rotatable bonds is 5. The summed E-state index contributed by atoms with van der Waals surface area (Å²) >= 11 is 0. The molecule has 0 atom stereocenters. The predicted octanol–water partition coefficient (Wildman–Crippen LogP) is 4.67. The van der Waals surface area contributed by atoms with Gasteiger partial charge in [-0.2, -0.15) is 0 Å². The highest BCUT2D eigenvalue weighted by Crippen LogP contribution is 2.31. The van der Waals surface area contributed by atoms with Gasteiger partial charge in [-0.1, -0.05) is 12.1 Å². The van der Waals surface area contributed by atoms with Gasteiger partial charge < -0.3 is 15.5 Å². The quantitative estimate of drug-likeness (QED) is 0.436. The third-order valence-electron chi connectivity index (χ3n) is 6.36. The molecule has 0 unspecified atom stereocenters. The van der Waals surface area contributed by atoms with Crippen molar-refractivity contribution in [3.63, 3.8) is 0 Å². The molecular formula is C26H27N5O2. The average Bonchev–Trinajstić information content (AvgIpc) is 3.33. The van der Waals surface area contributed by atoms with Crippen LogP contribution >= 0.6 is 0 Å². The Labute approximate surface area is 192 Å². The maximum Gasteiger partial charge on any atom is 0.338 e. The summed E-state index contributed by atoms with van der Waals surface area (Å²) in [6, 6.07) is 13.7. The summed E-state index contributed by atoms with van der Waals surface area (Å²) in [5.74, 6) is 0.0582. The molecular weight excluding hydrogens is 414 g/mol. The number of carbonyl (C=O) groups excluding carboxylic acids is 1. The highest BCUT2D eigenvalue weighted by molar-refractivity contribution is 6.04. The minimum Gasteiger partial charge on any atom is -0.462 e. The number of benzene rings is 1. The van der Waals surface area contributed by atoms with E-state index in [2.05, 4.69) is 19.9 Å². The van der Waals surface area contributed by atoms with Crippen molar-refractivity contribution in [2.75, 3.05) is 6.61 Å². The number of nitrogens with two attached hydrogens (primary N) is 1. The molecule has 0 saturated heterocycles. The van der Waals surface area contributed by atoms with Crippen LogP contribution in [0.25, 0.3) is 33.5 Å². The number of carbonyl (C=O) groups is 1. The second-order valence-corrected chi connectivity index (χ2v) is 8.76. The van der Waals surface area contributed by atoms with Crippen molar-refractivity contribution in [2.24, 2.45) is 11.7 Å². The number of pyridine rings is 2. The maximum absolute atomic E-state index is 13.0. The Morgan fingerprint density at radius 1 is 1.12 bits per heavy atom. The summed E-state index contributed by atoms with van der Waals surface area (Å²) < 4.78 is 5.71. The summed E-state index contributed by atoms with van der Waals surface area (Å²) in [6.45, 7) is 2.39. The van der Waals surface area contributed by atoms with E-state index in [9.17, 15) is 4.79 Å². The molecule has 1 saturated carbocycles. The Bertz CT molecular complexity index is 1290. The maximum atomic E-state index is 13.0. The number of ether oxygens (including phenoxy) is 1. The Balaban J connectivity index is 1.44. The van der Waals surface area contributed by atoms with Crippen LogP contribution in [-0.2, 0) is 4.74 Å². The van der Waals surface area contributed by atoms with E-state index in [0.717, 1.165) is 64.9 Å². The van der Waals surface area contributed by atoms with Gasteiger partial charge in [0.1, 0.15) is 0 Å². The van der Waals surface area contributed by atoms with Gasteiger partial charge in [-0.05, 0) is 68.9 Å².